The Balaban J connectivity index is 0.000000410. The highest BCUT2D eigenvalue weighted by Gasteiger charge is 2.23. The van der Waals surface area contributed by atoms with Gasteiger partial charge in [-0.2, -0.15) is 0 Å². The fraction of sp³-hybridized carbons (Fsp3) is 0.704. The molecule has 1 aliphatic heterocycles. The van der Waals surface area contributed by atoms with Crippen LogP contribution in [0, 0.1) is 5.92 Å². The first kappa shape index (κ1) is 29.5. The van der Waals surface area contributed by atoms with E-state index >= 15 is 0 Å². The van der Waals surface area contributed by atoms with E-state index < -0.39 is 0 Å². The summed E-state index contributed by atoms with van der Waals surface area (Å²) < 4.78 is 11.6. The number of methoxy groups -OCH3 is 1. The lowest BCUT2D eigenvalue weighted by atomic mass is 9.96. The normalized spacial score (nSPS) is 14.9. The minimum absolute atomic E-state index is 0.0188. The van der Waals surface area contributed by atoms with E-state index in [0.29, 0.717) is 0 Å². The number of fused-ring (bicyclic) bond motifs is 1. The van der Waals surface area contributed by atoms with Crippen LogP contribution in [0.15, 0.2) is 18.2 Å². The Hall–Kier alpha value is -1.77. The second-order valence-corrected chi connectivity index (χ2v) is 11.6. The molecule has 2 heterocycles. The lowest BCUT2D eigenvalue weighted by Gasteiger charge is -2.35. The monoisotopic (exact) mass is 505 g/mol. The first-order valence-corrected chi connectivity index (χ1v) is 13.6. The number of carbonyl (C=O) groups is 1. The number of aromatic nitrogens is 2. The number of nitrogens with zero attached hydrogens (tertiary/aromatic N) is 5. The third-order valence-electron chi connectivity index (χ3n) is 6.71. The maximum Gasteiger partial charge on any atom is 0.219 e. The zero-order valence-electron chi connectivity index (χ0n) is 23.4. The standard InChI is InChI=1S/C19H29N5OS.C8H18O/c1-14(25)23-9-11-24(12-10-23)26-22(6)15-7-8-17-16(13-15)20-18(21(17)5)19(2,3)4;1-4-8(5-2)6-7-9-3/h7-8,13H,9-12H2,1-6H3;8H,4-7H2,1-3H3. The van der Waals surface area contributed by atoms with Crippen LogP contribution < -0.4 is 4.31 Å². The maximum absolute atomic E-state index is 11.5. The van der Waals surface area contributed by atoms with Gasteiger partial charge in [-0.15, -0.1) is 0 Å². The molecule has 0 spiro atoms. The number of benzene rings is 1. The van der Waals surface area contributed by atoms with E-state index in [1.54, 1.807) is 26.2 Å². The first-order chi connectivity index (χ1) is 16.5. The first-order valence-electron chi connectivity index (χ1n) is 12.9. The summed E-state index contributed by atoms with van der Waals surface area (Å²) in [7, 11) is 5.93. The van der Waals surface area contributed by atoms with E-state index in [2.05, 4.69) is 80.1 Å². The molecule has 0 saturated carbocycles. The van der Waals surface area contributed by atoms with Gasteiger partial charge in [0.25, 0.3) is 0 Å². The Morgan fingerprint density at radius 1 is 1.17 bits per heavy atom. The van der Waals surface area contributed by atoms with Crippen LogP contribution in [0.25, 0.3) is 11.0 Å². The highest BCUT2D eigenvalue weighted by atomic mass is 32.2. The Labute approximate surface area is 217 Å². The van der Waals surface area contributed by atoms with Crippen molar-refractivity contribution < 1.29 is 9.53 Å². The summed E-state index contributed by atoms with van der Waals surface area (Å²) in [4.78, 5) is 18.2. The summed E-state index contributed by atoms with van der Waals surface area (Å²) in [5.41, 5.74) is 3.34. The predicted molar refractivity (Wildman–Crippen MR) is 150 cm³/mol. The Kier molecular flexibility index (Phi) is 11.4. The SMILES string of the molecule is CC(=O)N1CCN(SN(C)c2ccc3c(c2)nc(C(C)(C)C)n3C)CC1.CCC(CC)CCOC. The van der Waals surface area contributed by atoms with Crippen LogP contribution in [-0.4, -0.2) is 71.6 Å². The van der Waals surface area contributed by atoms with Gasteiger partial charge in [0.2, 0.25) is 5.91 Å². The molecular weight excluding hydrogens is 458 g/mol. The van der Waals surface area contributed by atoms with Crippen molar-refractivity contribution in [1.29, 1.82) is 0 Å². The van der Waals surface area contributed by atoms with Gasteiger partial charge in [0, 0.05) is 78.5 Å². The quantitative estimate of drug-likeness (QED) is 0.442. The number of anilines is 1. The molecule has 0 radical (unpaired) electrons. The van der Waals surface area contributed by atoms with Crippen molar-refractivity contribution in [2.45, 2.75) is 66.2 Å². The van der Waals surface area contributed by atoms with Gasteiger partial charge in [0.1, 0.15) is 5.82 Å². The number of hydrogen-bond acceptors (Lipinski definition) is 6. The number of ether oxygens (including phenoxy) is 1. The minimum atomic E-state index is 0.0188. The van der Waals surface area contributed by atoms with Crippen LogP contribution in [0.1, 0.15) is 66.6 Å². The second kappa shape index (κ2) is 13.5. The van der Waals surface area contributed by atoms with Gasteiger partial charge in [0.15, 0.2) is 0 Å². The van der Waals surface area contributed by atoms with Crippen LogP contribution in [0.5, 0.6) is 0 Å². The molecule has 0 atom stereocenters. The van der Waals surface area contributed by atoms with Gasteiger partial charge >= 0.3 is 0 Å². The number of aryl methyl sites for hydroxylation is 1. The van der Waals surface area contributed by atoms with Crippen molar-refractivity contribution in [3.63, 3.8) is 0 Å². The van der Waals surface area contributed by atoms with Crippen LogP contribution in [0.4, 0.5) is 5.69 Å². The molecule has 7 nitrogen and oxygen atoms in total. The molecule has 8 heteroatoms. The molecule has 1 saturated heterocycles. The Bertz CT molecular complexity index is 928. The van der Waals surface area contributed by atoms with E-state index in [9.17, 15) is 4.79 Å². The summed E-state index contributed by atoms with van der Waals surface area (Å²) in [5.74, 6) is 2.14. The van der Waals surface area contributed by atoms with Crippen molar-refractivity contribution in [2.24, 2.45) is 13.0 Å². The number of piperazine rings is 1. The predicted octanol–water partition coefficient (Wildman–Crippen LogP) is 5.49. The summed E-state index contributed by atoms with van der Waals surface area (Å²) in [6.45, 7) is 17.0. The molecule has 0 bridgehead atoms. The van der Waals surface area contributed by atoms with Crippen molar-refractivity contribution >= 4 is 34.8 Å². The number of carbonyl (C=O) groups excluding carboxylic acids is 1. The molecule has 1 aromatic carbocycles. The van der Waals surface area contributed by atoms with E-state index in [1.165, 1.54) is 19.3 Å². The van der Waals surface area contributed by atoms with Crippen LogP contribution in [0.3, 0.4) is 0 Å². The molecule has 1 fully saturated rings. The summed E-state index contributed by atoms with van der Waals surface area (Å²) in [6, 6.07) is 6.45. The Morgan fingerprint density at radius 2 is 1.80 bits per heavy atom. The molecule has 3 rings (SSSR count). The number of hydrogen-bond donors (Lipinski definition) is 0. The third-order valence-corrected chi connectivity index (χ3v) is 7.76. The molecule has 2 aromatic rings. The zero-order valence-corrected chi connectivity index (χ0v) is 24.2. The van der Waals surface area contributed by atoms with Gasteiger partial charge in [0.05, 0.1) is 16.7 Å². The molecule has 1 aromatic heterocycles. The number of rotatable bonds is 8. The van der Waals surface area contributed by atoms with Gasteiger partial charge < -0.3 is 18.5 Å². The van der Waals surface area contributed by atoms with Crippen LogP contribution in [0.2, 0.25) is 0 Å². The molecular formula is C27H47N5O2S. The van der Waals surface area contributed by atoms with Crippen molar-refractivity contribution in [2.75, 3.05) is 51.2 Å². The highest BCUT2D eigenvalue weighted by molar-refractivity contribution is 7.98. The topological polar surface area (TPSA) is 53.8 Å². The van der Waals surface area contributed by atoms with Crippen LogP contribution in [-0.2, 0) is 22.0 Å². The van der Waals surface area contributed by atoms with Crippen molar-refractivity contribution in [3.05, 3.63) is 24.0 Å². The Morgan fingerprint density at radius 3 is 2.31 bits per heavy atom. The summed E-state index contributed by atoms with van der Waals surface area (Å²) in [5, 5.41) is 0. The average molecular weight is 506 g/mol. The largest absolute Gasteiger partial charge is 0.385 e. The van der Waals surface area contributed by atoms with Gasteiger partial charge in [-0.25, -0.2) is 9.29 Å². The zero-order chi connectivity index (χ0) is 26.2. The molecule has 0 N–H and O–H groups in total. The summed E-state index contributed by atoms with van der Waals surface area (Å²) in [6.07, 6.45) is 3.81. The lowest BCUT2D eigenvalue weighted by Crippen LogP contribution is -2.46. The molecule has 1 amide bonds. The van der Waals surface area contributed by atoms with Crippen molar-refractivity contribution in [1.82, 2.24) is 18.8 Å². The fourth-order valence-corrected chi connectivity index (χ4v) is 5.22. The van der Waals surface area contributed by atoms with Crippen LogP contribution >= 0.6 is 12.1 Å². The molecule has 35 heavy (non-hydrogen) atoms. The molecule has 0 aliphatic carbocycles. The van der Waals surface area contributed by atoms with Gasteiger partial charge in [-0.1, -0.05) is 47.5 Å². The average Bonchev–Trinajstić information content (AvgIpc) is 3.17. The minimum Gasteiger partial charge on any atom is -0.385 e. The van der Waals surface area contributed by atoms with Crippen molar-refractivity contribution in [3.8, 4) is 0 Å². The number of amides is 1. The van der Waals surface area contributed by atoms with Gasteiger partial charge in [-0.05, 0) is 30.5 Å². The van der Waals surface area contributed by atoms with E-state index in [-0.39, 0.29) is 11.3 Å². The molecule has 0 unspecified atom stereocenters. The second-order valence-electron chi connectivity index (χ2n) is 10.4. The lowest BCUT2D eigenvalue weighted by molar-refractivity contribution is -0.129. The fourth-order valence-electron chi connectivity index (χ4n) is 4.34. The number of imidazole rings is 1. The van der Waals surface area contributed by atoms with E-state index in [4.69, 9.17) is 9.72 Å². The molecule has 198 valence electrons. The molecule has 1 aliphatic rings. The third kappa shape index (κ3) is 8.40. The van der Waals surface area contributed by atoms with Gasteiger partial charge in [-0.3, -0.25) is 4.79 Å². The summed E-state index contributed by atoms with van der Waals surface area (Å²) >= 11 is 1.71. The van der Waals surface area contributed by atoms with E-state index in [1.807, 2.05) is 4.90 Å². The maximum atomic E-state index is 11.5. The highest BCUT2D eigenvalue weighted by Crippen LogP contribution is 2.30. The van der Waals surface area contributed by atoms with E-state index in [0.717, 1.165) is 61.2 Å². The smallest absolute Gasteiger partial charge is 0.219 e.